The van der Waals surface area contributed by atoms with E-state index in [0.29, 0.717) is 17.5 Å². The highest BCUT2D eigenvalue weighted by Crippen LogP contribution is 2.31. The van der Waals surface area contributed by atoms with Crippen molar-refractivity contribution in [2.24, 2.45) is 11.7 Å². The maximum atomic E-state index is 13.3. The molecule has 0 saturated carbocycles. The largest absolute Gasteiger partial charge is 0.389 e. The van der Waals surface area contributed by atoms with Crippen LogP contribution in [0.3, 0.4) is 0 Å². The molecule has 0 aromatic heterocycles. The predicted octanol–water partition coefficient (Wildman–Crippen LogP) is 3.08. The van der Waals surface area contributed by atoms with Crippen molar-refractivity contribution in [3.05, 3.63) is 29.6 Å². The zero-order valence-electron chi connectivity index (χ0n) is 10.8. The number of piperidine rings is 1. The van der Waals surface area contributed by atoms with Crippen molar-refractivity contribution in [1.82, 2.24) is 0 Å². The molecular formula is C14H19FN2S. The van der Waals surface area contributed by atoms with Crippen LogP contribution in [0.25, 0.3) is 0 Å². The standard InChI is InChI=1S/C14H19FN2S/c1-9-4-3-7-17(10(9)2)13-6-5-11(15)8-12(13)14(16)18/h5-6,8-10H,3-4,7H2,1-2H3,(H2,16,18). The predicted molar refractivity (Wildman–Crippen MR) is 77.5 cm³/mol. The number of halogens is 1. The second kappa shape index (κ2) is 5.22. The first-order valence-electron chi connectivity index (χ1n) is 6.36. The van der Waals surface area contributed by atoms with E-state index < -0.39 is 0 Å². The van der Waals surface area contributed by atoms with Gasteiger partial charge in [0.05, 0.1) is 0 Å². The van der Waals surface area contributed by atoms with Crippen molar-refractivity contribution >= 4 is 22.9 Å². The summed E-state index contributed by atoms with van der Waals surface area (Å²) < 4.78 is 13.3. The van der Waals surface area contributed by atoms with Gasteiger partial charge in [-0.05, 0) is 43.9 Å². The summed E-state index contributed by atoms with van der Waals surface area (Å²) in [5, 5.41) is 0. The average molecular weight is 266 g/mol. The summed E-state index contributed by atoms with van der Waals surface area (Å²) in [4.78, 5) is 2.55. The highest BCUT2D eigenvalue weighted by molar-refractivity contribution is 7.80. The van der Waals surface area contributed by atoms with Gasteiger partial charge in [0, 0.05) is 23.8 Å². The molecule has 4 heteroatoms. The molecule has 0 aliphatic carbocycles. The summed E-state index contributed by atoms with van der Waals surface area (Å²) in [6.45, 7) is 5.43. The van der Waals surface area contributed by atoms with Crippen LogP contribution in [0.4, 0.5) is 10.1 Å². The summed E-state index contributed by atoms with van der Waals surface area (Å²) in [6, 6.07) is 5.13. The fourth-order valence-electron chi connectivity index (χ4n) is 2.63. The smallest absolute Gasteiger partial charge is 0.124 e. The number of nitrogens with two attached hydrogens (primary N) is 1. The Morgan fingerprint density at radius 2 is 2.17 bits per heavy atom. The van der Waals surface area contributed by atoms with E-state index in [4.69, 9.17) is 18.0 Å². The van der Waals surface area contributed by atoms with Crippen molar-refractivity contribution in [3.8, 4) is 0 Å². The van der Waals surface area contributed by atoms with Crippen LogP contribution < -0.4 is 10.6 Å². The second-order valence-corrected chi connectivity index (χ2v) is 5.52. The van der Waals surface area contributed by atoms with Crippen LogP contribution in [-0.4, -0.2) is 17.6 Å². The van der Waals surface area contributed by atoms with E-state index in [1.54, 1.807) is 6.07 Å². The second-order valence-electron chi connectivity index (χ2n) is 5.08. The first-order valence-corrected chi connectivity index (χ1v) is 6.77. The molecule has 0 radical (unpaired) electrons. The Kier molecular flexibility index (Phi) is 3.85. The van der Waals surface area contributed by atoms with Crippen LogP contribution in [0.2, 0.25) is 0 Å². The summed E-state index contributed by atoms with van der Waals surface area (Å²) >= 11 is 5.03. The minimum atomic E-state index is -0.292. The molecule has 1 aromatic rings. The molecule has 0 bridgehead atoms. The third-order valence-corrected chi connectivity index (χ3v) is 4.13. The average Bonchev–Trinajstić information content (AvgIpc) is 2.33. The van der Waals surface area contributed by atoms with Crippen LogP contribution in [-0.2, 0) is 0 Å². The molecule has 0 spiro atoms. The molecule has 2 rings (SSSR count). The molecule has 1 aromatic carbocycles. The quantitative estimate of drug-likeness (QED) is 0.834. The van der Waals surface area contributed by atoms with E-state index >= 15 is 0 Å². The number of anilines is 1. The number of hydrogen-bond donors (Lipinski definition) is 1. The van der Waals surface area contributed by atoms with Gasteiger partial charge in [0.15, 0.2) is 0 Å². The van der Waals surface area contributed by atoms with E-state index in [1.165, 1.54) is 18.6 Å². The molecule has 1 saturated heterocycles. The first-order chi connectivity index (χ1) is 8.50. The molecule has 2 unspecified atom stereocenters. The molecule has 1 heterocycles. The van der Waals surface area contributed by atoms with E-state index in [1.807, 2.05) is 0 Å². The lowest BCUT2D eigenvalue weighted by molar-refractivity contribution is 0.363. The Labute approximate surface area is 113 Å². The number of thiocarbonyl (C=S) groups is 1. The van der Waals surface area contributed by atoms with Crippen LogP contribution in [0.5, 0.6) is 0 Å². The molecule has 18 heavy (non-hydrogen) atoms. The van der Waals surface area contributed by atoms with E-state index in [-0.39, 0.29) is 10.8 Å². The molecule has 2 N–H and O–H groups in total. The zero-order valence-corrected chi connectivity index (χ0v) is 11.6. The lowest BCUT2D eigenvalue weighted by Crippen LogP contribution is -2.43. The normalized spacial score (nSPS) is 24.1. The Bertz CT molecular complexity index is 461. The van der Waals surface area contributed by atoms with Crippen molar-refractivity contribution < 1.29 is 4.39 Å². The Hall–Kier alpha value is -1.16. The summed E-state index contributed by atoms with van der Waals surface area (Å²) in [5.74, 6) is 0.335. The summed E-state index contributed by atoms with van der Waals surface area (Å²) in [6.07, 6.45) is 2.39. The van der Waals surface area contributed by atoms with Gasteiger partial charge in [0.25, 0.3) is 0 Å². The number of rotatable bonds is 2. The highest BCUT2D eigenvalue weighted by Gasteiger charge is 2.26. The summed E-state index contributed by atoms with van der Waals surface area (Å²) in [7, 11) is 0. The first kappa shape index (κ1) is 13.3. The number of benzene rings is 1. The Morgan fingerprint density at radius 3 is 2.83 bits per heavy atom. The van der Waals surface area contributed by atoms with Crippen molar-refractivity contribution in [2.45, 2.75) is 32.7 Å². The molecule has 1 fully saturated rings. The fourth-order valence-corrected chi connectivity index (χ4v) is 2.80. The van der Waals surface area contributed by atoms with Gasteiger partial charge in [-0.25, -0.2) is 4.39 Å². The summed E-state index contributed by atoms with van der Waals surface area (Å²) in [5.41, 5.74) is 7.31. The highest BCUT2D eigenvalue weighted by atomic mass is 32.1. The molecule has 0 amide bonds. The molecular weight excluding hydrogens is 247 g/mol. The molecule has 1 aliphatic rings. The van der Waals surface area contributed by atoms with Crippen LogP contribution in [0.1, 0.15) is 32.3 Å². The third-order valence-electron chi connectivity index (χ3n) is 3.91. The number of hydrogen-bond acceptors (Lipinski definition) is 2. The lowest BCUT2D eigenvalue weighted by Gasteiger charge is -2.40. The van der Waals surface area contributed by atoms with Crippen molar-refractivity contribution in [2.75, 3.05) is 11.4 Å². The monoisotopic (exact) mass is 266 g/mol. The van der Waals surface area contributed by atoms with Gasteiger partial charge in [-0.1, -0.05) is 19.1 Å². The zero-order chi connectivity index (χ0) is 13.3. The van der Waals surface area contributed by atoms with Gasteiger partial charge in [-0.2, -0.15) is 0 Å². The molecule has 98 valence electrons. The van der Waals surface area contributed by atoms with Gasteiger partial charge in [0.1, 0.15) is 10.8 Å². The lowest BCUT2D eigenvalue weighted by atomic mass is 9.91. The van der Waals surface area contributed by atoms with Crippen LogP contribution >= 0.6 is 12.2 Å². The fraction of sp³-hybridized carbons (Fsp3) is 0.500. The SMILES string of the molecule is CC1CCCN(c2ccc(F)cc2C(N)=S)C1C. The third kappa shape index (κ3) is 2.48. The van der Waals surface area contributed by atoms with Gasteiger partial charge in [0.2, 0.25) is 0 Å². The maximum Gasteiger partial charge on any atom is 0.124 e. The van der Waals surface area contributed by atoms with Gasteiger partial charge >= 0.3 is 0 Å². The van der Waals surface area contributed by atoms with E-state index in [0.717, 1.165) is 18.7 Å². The molecule has 2 atom stereocenters. The van der Waals surface area contributed by atoms with Gasteiger partial charge in [-0.15, -0.1) is 0 Å². The minimum absolute atomic E-state index is 0.259. The molecule has 1 aliphatic heterocycles. The maximum absolute atomic E-state index is 13.3. The Balaban J connectivity index is 2.40. The van der Waals surface area contributed by atoms with E-state index in [9.17, 15) is 4.39 Å². The molecule has 2 nitrogen and oxygen atoms in total. The van der Waals surface area contributed by atoms with Gasteiger partial charge < -0.3 is 10.6 Å². The minimum Gasteiger partial charge on any atom is -0.389 e. The Morgan fingerprint density at radius 1 is 1.44 bits per heavy atom. The number of nitrogens with zero attached hydrogens (tertiary/aromatic N) is 1. The van der Waals surface area contributed by atoms with Crippen molar-refractivity contribution in [3.63, 3.8) is 0 Å². The van der Waals surface area contributed by atoms with Gasteiger partial charge in [-0.3, -0.25) is 0 Å². The van der Waals surface area contributed by atoms with Crippen molar-refractivity contribution in [1.29, 1.82) is 0 Å². The van der Waals surface area contributed by atoms with Crippen LogP contribution in [0.15, 0.2) is 18.2 Å². The van der Waals surface area contributed by atoms with E-state index in [2.05, 4.69) is 18.7 Å². The topological polar surface area (TPSA) is 29.3 Å². The van der Waals surface area contributed by atoms with Crippen LogP contribution in [0, 0.1) is 11.7 Å².